The molecular formula is C15H14O4S. The Balaban J connectivity index is 2.10. The maximum absolute atomic E-state index is 11.9. The van der Waals surface area contributed by atoms with Gasteiger partial charge in [0, 0.05) is 6.26 Å². The molecule has 2 aromatic rings. The lowest BCUT2D eigenvalue weighted by molar-refractivity contribution is 0.0472. The monoisotopic (exact) mass is 290 g/mol. The van der Waals surface area contributed by atoms with Crippen molar-refractivity contribution in [3.8, 4) is 0 Å². The van der Waals surface area contributed by atoms with Crippen LogP contribution in [0.2, 0.25) is 0 Å². The molecule has 4 nitrogen and oxygen atoms in total. The molecule has 5 heteroatoms. The van der Waals surface area contributed by atoms with Crippen LogP contribution < -0.4 is 0 Å². The summed E-state index contributed by atoms with van der Waals surface area (Å²) in [5.41, 5.74) is 1.10. The van der Waals surface area contributed by atoms with E-state index in [0.717, 1.165) is 11.8 Å². The second-order valence-electron chi connectivity index (χ2n) is 4.36. The lowest BCUT2D eigenvalue weighted by atomic mass is 10.2. The molecule has 20 heavy (non-hydrogen) atoms. The van der Waals surface area contributed by atoms with Crippen LogP contribution in [0.25, 0.3) is 0 Å². The van der Waals surface area contributed by atoms with E-state index in [1.165, 1.54) is 24.3 Å². The summed E-state index contributed by atoms with van der Waals surface area (Å²) in [7, 11) is -3.33. The minimum atomic E-state index is -3.33. The SMILES string of the molecule is CS(=O)(=O)c1cccc(C(=O)OCc2ccccc2)c1. The van der Waals surface area contributed by atoms with E-state index in [1.54, 1.807) is 0 Å². The molecule has 0 spiro atoms. The highest BCUT2D eigenvalue weighted by Crippen LogP contribution is 2.13. The normalized spacial score (nSPS) is 11.1. The zero-order valence-corrected chi connectivity index (χ0v) is 11.8. The molecule has 0 radical (unpaired) electrons. The van der Waals surface area contributed by atoms with Gasteiger partial charge in [0.25, 0.3) is 0 Å². The van der Waals surface area contributed by atoms with E-state index in [9.17, 15) is 13.2 Å². The molecule has 0 aliphatic rings. The highest BCUT2D eigenvalue weighted by atomic mass is 32.2. The third-order valence-corrected chi connectivity index (χ3v) is 3.82. The maximum atomic E-state index is 11.9. The minimum absolute atomic E-state index is 0.103. The number of sulfone groups is 1. The summed E-state index contributed by atoms with van der Waals surface area (Å²) >= 11 is 0. The molecule has 0 aliphatic heterocycles. The van der Waals surface area contributed by atoms with Gasteiger partial charge in [-0.3, -0.25) is 0 Å². The molecule has 0 aromatic heterocycles. The van der Waals surface area contributed by atoms with Crippen molar-refractivity contribution in [2.24, 2.45) is 0 Å². The second kappa shape index (κ2) is 5.88. The molecule has 0 aliphatic carbocycles. The number of carbonyl (C=O) groups excluding carboxylic acids is 1. The van der Waals surface area contributed by atoms with Crippen LogP contribution in [0.5, 0.6) is 0 Å². The first-order valence-corrected chi connectivity index (χ1v) is 7.87. The Morgan fingerprint density at radius 3 is 2.40 bits per heavy atom. The first-order valence-electron chi connectivity index (χ1n) is 5.98. The van der Waals surface area contributed by atoms with Crippen molar-refractivity contribution in [2.75, 3.05) is 6.26 Å². The van der Waals surface area contributed by atoms with E-state index < -0.39 is 15.8 Å². The van der Waals surface area contributed by atoms with Crippen molar-refractivity contribution in [2.45, 2.75) is 11.5 Å². The summed E-state index contributed by atoms with van der Waals surface area (Å²) < 4.78 is 28.0. The lowest BCUT2D eigenvalue weighted by Gasteiger charge is -2.06. The molecule has 0 saturated heterocycles. The van der Waals surface area contributed by atoms with Gasteiger partial charge in [-0.05, 0) is 23.8 Å². The highest BCUT2D eigenvalue weighted by Gasteiger charge is 2.12. The first kappa shape index (κ1) is 14.3. The zero-order valence-electron chi connectivity index (χ0n) is 10.9. The van der Waals surface area contributed by atoms with Crippen molar-refractivity contribution in [3.63, 3.8) is 0 Å². The molecule has 0 bridgehead atoms. The Labute approximate surface area is 117 Å². The molecule has 0 N–H and O–H groups in total. The molecule has 104 valence electrons. The van der Waals surface area contributed by atoms with E-state index >= 15 is 0 Å². The van der Waals surface area contributed by atoms with Crippen molar-refractivity contribution < 1.29 is 17.9 Å². The van der Waals surface area contributed by atoms with Gasteiger partial charge in [-0.2, -0.15) is 0 Å². The van der Waals surface area contributed by atoms with Crippen molar-refractivity contribution in [1.29, 1.82) is 0 Å². The van der Waals surface area contributed by atoms with Crippen LogP contribution in [-0.2, 0) is 21.2 Å². The smallest absolute Gasteiger partial charge is 0.338 e. The second-order valence-corrected chi connectivity index (χ2v) is 6.38. The average molecular weight is 290 g/mol. The zero-order chi connectivity index (χ0) is 14.6. The van der Waals surface area contributed by atoms with Gasteiger partial charge >= 0.3 is 5.97 Å². The fourth-order valence-electron chi connectivity index (χ4n) is 1.66. The quantitative estimate of drug-likeness (QED) is 0.811. The Bertz CT molecular complexity index is 706. The molecule has 2 aromatic carbocycles. The number of ether oxygens (including phenoxy) is 1. The minimum Gasteiger partial charge on any atom is -0.457 e. The molecule has 0 heterocycles. The van der Waals surface area contributed by atoms with Crippen LogP contribution in [0.15, 0.2) is 59.5 Å². The van der Waals surface area contributed by atoms with Gasteiger partial charge < -0.3 is 4.74 Å². The lowest BCUT2D eigenvalue weighted by Crippen LogP contribution is -2.07. The van der Waals surface area contributed by atoms with Gasteiger partial charge in [0.2, 0.25) is 0 Å². The number of rotatable bonds is 4. The summed E-state index contributed by atoms with van der Waals surface area (Å²) in [4.78, 5) is 12.0. The highest BCUT2D eigenvalue weighted by molar-refractivity contribution is 7.90. The molecule has 0 unspecified atom stereocenters. The van der Waals surface area contributed by atoms with Crippen molar-refractivity contribution in [1.82, 2.24) is 0 Å². The van der Waals surface area contributed by atoms with E-state index in [1.807, 2.05) is 30.3 Å². The number of hydrogen-bond acceptors (Lipinski definition) is 4. The molecule has 0 amide bonds. The fourth-order valence-corrected chi connectivity index (χ4v) is 2.33. The fraction of sp³-hybridized carbons (Fsp3) is 0.133. The summed E-state index contributed by atoms with van der Waals surface area (Å²) in [5.74, 6) is -0.542. The van der Waals surface area contributed by atoms with E-state index in [4.69, 9.17) is 4.74 Å². The Morgan fingerprint density at radius 1 is 1.05 bits per heavy atom. The van der Waals surface area contributed by atoms with Gasteiger partial charge in [0.05, 0.1) is 10.5 Å². The Kier molecular flexibility index (Phi) is 4.20. The predicted octanol–water partition coefficient (Wildman–Crippen LogP) is 2.45. The van der Waals surface area contributed by atoms with Crippen molar-refractivity contribution >= 4 is 15.8 Å². The standard InChI is InChI=1S/C15H14O4S/c1-20(17,18)14-9-5-8-13(10-14)15(16)19-11-12-6-3-2-4-7-12/h2-10H,11H2,1H3. The third kappa shape index (κ3) is 3.68. The predicted molar refractivity (Wildman–Crippen MR) is 75.1 cm³/mol. The number of esters is 1. The van der Waals surface area contributed by atoms with Gasteiger partial charge in [0.15, 0.2) is 9.84 Å². The largest absolute Gasteiger partial charge is 0.457 e. The molecule has 0 fully saturated rings. The van der Waals surface area contributed by atoms with Crippen LogP contribution in [0.3, 0.4) is 0 Å². The van der Waals surface area contributed by atoms with Crippen LogP contribution in [0, 0.1) is 0 Å². The van der Waals surface area contributed by atoms with Gasteiger partial charge in [0.1, 0.15) is 6.61 Å². The number of benzene rings is 2. The number of carbonyl (C=O) groups is 1. The summed E-state index contributed by atoms with van der Waals surface area (Å²) in [6.07, 6.45) is 1.10. The van der Waals surface area contributed by atoms with Crippen LogP contribution in [-0.4, -0.2) is 20.6 Å². The molecule has 0 saturated carbocycles. The molecule has 2 rings (SSSR count). The van der Waals surface area contributed by atoms with Crippen molar-refractivity contribution in [3.05, 3.63) is 65.7 Å². The van der Waals surface area contributed by atoms with Crippen LogP contribution in [0.4, 0.5) is 0 Å². The van der Waals surface area contributed by atoms with Crippen LogP contribution in [0.1, 0.15) is 15.9 Å². The Morgan fingerprint density at radius 2 is 1.75 bits per heavy atom. The summed E-state index contributed by atoms with van der Waals surface area (Å²) in [6.45, 7) is 0.156. The molecular weight excluding hydrogens is 276 g/mol. The first-order chi connectivity index (χ1) is 9.47. The van der Waals surface area contributed by atoms with Crippen LogP contribution >= 0.6 is 0 Å². The maximum Gasteiger partial charge on any atom is 0.338 e. The topological polar surface area (TPSA) is 60.4 Å². The Hall–Kier alpha value is -2.14. The van der Waals surface area contributed by atoms with Gasteiger partial charge in [-0.15, -0.1) is 0 Å². The van der Waals surface area contributed by atoms with E-state index in [2.05, 4.69) is 0 Å². The average Bonchev–Trinajstić information content (AvgIpc) is 2.45. The van der Waals surface area contributed by atoms with E-state index in [0.29, 0.717) is 0 Å². The third-order valence-electron chi connectivity index (χ3n) is 2.71. The number of hydrogen-bond donors (Lipinski definition) is 0. The van der Waals surface area contributed by atoms with Gasteiger partial charge in [-0.25, -0.2) is 13.2 Å². The summed E-state index contributed by atoms with van der Waals surface area (Å²) in [6, 6.07) is 15.1. The van der Waals surface area contributed by atoms with Gasteiger partial charge in [-0.1, -0.05) is 36.4 Å². The summed E-state index contributed by atoms with van der Waals surface area (Å²) in [5, 5.41) is 0. The van der Waals surface area contributed by atoms with E-state index in [-0.39, 0.29) is 17.1 Å². The molecule has 0 atom stereocenters.